The molecule has 28 heavy (non-hydrogen) atoms. The first-order valence-electron chi connectivity index (χ1n) is 7.54. The second kappa shape index (κ2) is 7.23. The number of hydrogen-bond donors (Lipinski definition) is 4. The van der Waals surface area contributed by atoms with Gasteiger partial charge in [-0.25, -0.2) is 9.59 Å². The molecule has 0 saturated carbocycles. The van der Waals surface area contributed by atoms with E-state index in [1.807, 2.05) is 0 Å². The van der Waals surface area contributed by atoms with E-state index in [1.165, 1.54) is 0 Å². The van der Waals surface area contributed by atoms with Crippen LogP contribution in [0.4, 0.5) is 5.69 Å². The van der Waals surface area contributed by atoms with E-state index in [0.717, 1.165) is 32.0 Å². The number of esters is 2. The maximum atomic E-state index is 12.3. The van der Waals surface area contributed by atoms with Gasteiger partial charge in [0.1, 0.15) is 28.4 Å². The Hall–Kier alpha value is -4.15. The number of primary amides is 1. The predicted molar refractivity (Wildman–Crippen MR) is 90.6 cm³/mol. The number of allylic oxidation sites excluding steroid dienone is 1. The van der Waals surface area contributed by atoms with Crippen molar-refractivity contribution >= 4 is 35.2 Å². The second-order valence-electron chi connectivity index (χ2n) is 5.63. The quantitative estimate of drug-likeness (QED) is 0.176. The van der Waals surface area contributed by atoms with Gasteiger partial charge in [0.2, 0.25) is 0 Å². The summed E-state index contributed by atoms with van der Waals surface area (Å²) in [5.41, 5.74) is 2.66. The van der Waals surface area contributed by atoms with E-state index in [2.05, 4.69) is 4.74 Å². The van der Waals surface area contributed by atoms with Gasteiger partial charge in [0.25, 0.3) is 0 Å². The summed E-state index contributed by atoms with van der Waals surface area (Å²) in [5, 5.41) is 29.5. The number of amides is 2. The number of nitrogens with zero attached hydrogens (tertiary/aromatic N) is 1. The molecule has 0 spiro atoms. The van der Waals surface area contributed by atoms with Gasteiger partial charge in [0.15, 0.2) is 5.78 Å². The van der Waals surface area contributed by atoms with Crippen LogP contribution in [0.5, 0.6) is 11.5 Å². The van der Waals surface area contributed by atoms with Crippen LogP contribution in [0.1, 0.15) is 13.8 Å². The van der Waals surface area contributed by atoms with Crippen LogP contribution in [0.3, 0.4) is 0 Å². The minimum absolute atomic E-state index is 0.298. The van der Waals surface area contributed by atoms with E-state index < -0.39 is 63.6 Å². The highest BCUT2D eigenvalue weighted by Crippen LogP contribution is 2.33. The van der Waals surface area contributed by atoms with E-state index >= 15 is 0 Å². The van der Waals surface area contributed by atoms with Gasteiger partial charge < -0.3 is 25.8 Å². The van der Waals surface area contributed by atoms with Crippen LogP contribution in [0, 0.1) is 0 Å². The minimum atomic E-state index is -1.47. The summed E-state index contributed by atoms with van der Waals surface area (Å²) in [7, 11) is 0. The Morgan fingerprint density at radius 3 is 1.96 bits per heavy atom. The van der Waals surface area contributed by atoms with Crippen molar-refractivity contribution in [3.05, 3.63) is 40.8 Å². The van der Waals surface area contributed by atoms with Crippen LogP contribution in [-0.4, -0.2) is 44.9 Å². The molecule has 0 atom stereocenters. The number of rotatable bonds is 3. The highest BCUT2D eigenvalue weighted by Gasteiger charge is 2.38. The van der Waals surface area contributed by atoms with E-state index in [9.17, 15) is 39.3 Å². The number of aromatic hydroxyl groups is 2. The van der Waals surface area contributed by atoms with Crippen LogP contribution >= 0.6 is 0 Å². The number of nitrogens with two attached hydrogens (primary N) is 1. The van der Waals surface area contributed by atoms with Crippen molar-refractivity contribution in [2.24, 2.45) is 5.73 Å². The number of benzene rings is 1. The Balaban J connectivity index is 2.83. The molecule has 1 aromatic carbocycles. The first-order valence-corrected chi connectivity index (χ1v) is 7.54. The molecule has 5 N–H and O–H groups in total. The van der Waals surface area contributed by atoms with E-state index in [4.69, 9.17) is 5.73 Å². The maximum absolute atomic E-state index is 12.3. The summed E-state index contributed by atoms with van der Waals surface area (Å²) in [4.78, 5) is 59.6. The number of carbonyl (C=O) groups is 5. The fourth-order valence-electron chi connectivity index (χ4n) is 2.53. The van der Waals surface area contributed by atoms with Gasteiger partial charge in [-0.05, 0) is 13.8 Å². The van der Waals surface area contributed by atoms with Crippen LogP contribution in [0.15, 0.2) is 40.8 Å². The van der Waals surface area contributed by atoms with E-state index in [1.54, 1.807) is 0 Å². The van der Waals surface area contributed by atoms with Crippen molar-refractivity contribution in [3.63, 3.8) is 0 Å². The molecule has 2 amide bonds. The maximum Gasteiger partial charge on any atom is 0.353 e. The third kappa shape index (κ3) is 3.53. The Labute approximate surface area is 156 Å². The summed E-state index contributed by atoms with van der Waals surface area (Å²) < 4.78 is 4.41. The number of ether oxygens (including phenoxy) is 1. The van der Waals surface area contributed by atoms with Crippen LogP contribution in [0.25, 0.3) is 0 Å². The standard InChI is InChI=1S/C17H14N2O9/c1-6(11-13(23)12(7(2)20)17(27)28-16(11)26)19(15(25)14(18)24)8-3-9(21)5-10(22)4-8/h3-5,21-23H,1-2H3,(H2,18,24). The zero-order chi connectivity index (χ0) is 21.3. The molecule has 0 unspecified atom stereocenters. The fourth-order valence-corrected chi connectivity index (χ4v) is 2.53. The number of carbonyl (C=O) groups excluding carboxylic acids is 5. The van der Waals surface area contributed by atoms with Crippen LogP contribution in [0.2, 0.25) is 0 Å². The van der Waals surface area contributed by atoms with E-state index in [-0.39, 0.29) is 5.69 Å². The number of aliphatic hydroxyl groups excluding tert-OH is 1. The molecule has 11 nitrogen and oxygen atoms in total. The van der Waals surface area contributed by atoms with Gasteiger partial charge in [-0.15, -0.1) is 0 Å². The highest BCUT2D eigenvalue weighted by molar-refractivity contribution is 6.40. The largest absolute Gasteiger partial charge is 0.508 e. The molecule has 0 radical (unpaired) electrons. The molecule has 0 aromatic heterocycles. The smallest absolute Gasteiger partial charge is 0.353 e. The number of cyclic esters (lactones) is 2. The first kappa shape index (κ1) is 20.2. The molecule has 0 aliphatic carbocycles. The highest BCUT2D eigenvalue weighted by atomic mass is 16.6. The summed E-state index contributed by atoms with van der Waals surface area (Å²) in [5.74, 6) is -8.62. The molecule has 1 aliphatic heterocycles. The molecule has 146 valence electrons. The van der Waals surface area contributed by atoms with Crippen molar-refractivity contribution in [2.75, 3.05) is 4.90 Å². The van der Waals surface area contributed by atoms with E-state index in [0.29, 0.717) is 4.90 Å². The lowest BCUT2D eigenvalue weighted by atomic mass is 10.0. The molecule has 1 aromatic rings. The average Bonchev–Trinajstić information content (AvgIpc) is 2.52. The van der Waals surface area contributed by atoms with Crippen molar-refractivity contribution in [2.45, 2.75) is 13.8 Å². The van der Waals surface area contributed by atoms with Crippen molar-refractivity contribution < 1.29 is 44.0 Å². The molecular weight excluding hydrogens is 376 g/mol. The lowest BCUT2D eigenvalue weighted by Gasteiger charge is -2.26. The van der Waals surface area contributed by atoms with Crippen molar-refractivity contribution in [1.82, 2.24) is 0 Å². The summed E-state index contributed by atoms with van der Waals surface area (Å²) in [6.07, 6.45) is 0. The lowest BCUT2D eigenvalue weighted by molar-refractivity contribution is -0.155. The van der Waals surface area contributed by atoms with Gasteiger partial charge >= 0.3 is 23.8 Å². The number of aliphatic hydroxyl groups is 1. The zero-order valence-electron chi connectivity index (χ0n) is 14.5. The fraction of sp³-hybridized carbons (Fsp3) is 0.118. The Morgan fingerprint density at radius 1 is 0.964 bits per heavy atom. The number of phenolic OH excluding ortho intramolecular Hbond substituents is 2. The number of ketones is 1. The summed E-state index contributed by atoms with van der Waals surface area (Å²) in [6, 6.07) is 2.84. The molecule has 1 aliphatic rings. The van der Waals surface area contributed by atoms with Crippen molar-refractivity contribution in [1.29, 1.82) is 0 Å². The van der Waals surface area contributed by atoms with Crippen LogP contribution < -0.4 is 10.6 Å². The molecule has 11 heteroatoms. The third-order valence-electron chi connectivity index (χ3n) is 3.68. The Kier molecular flexibility index (Phi) is 5.21. The first-order chi connectivity index (χ1) is 13.0. The van der Waals surface area contributed by atoms with Gasteiger partial charge in [-0.3, -0.25) is 19.3 Å². The zero-order valence-corrected chi connectivity index (χ0v) is 14.5. The summed E-state index contributed by atoms with van der Waals surface area (Å²) in [6.45, 7) is 2.03. The molecule has 2 rings (SSSR count). The molecule has 1 heterocycles. The van der Waals surface area contributed by atoms with Crippen molar-refractivity contribution in [3.8, 4) is 11.5 Å². The van der Waals surface area contributed by atoms with Gasteiger partial charge in [-0.1, -0.05) is 0 Å². The van der Waals surface area contributed by atoms with Gasteiger partial charge in [-0.2, -0.15) is 0 Å². The molecule has 0 saturated heterocycles. The number of anilines is 1. The monoisotopic (exact) mass is 390 g/mol. The van der Waals surface area contributed by atoms with Gasteiger partial charge in [0, 0.05) is 23.9 Å². The van der Waals surface area contributed by atoms with Gasteiger partial charge in [0.05, 0.1) is 5.69 Å². The predicted octanol–water partition coefficient (Wildman–Crippen LogP) is -0.325. The molecule has 0 bridgehead atoms. The Morgan fingerprint density at radius 2 is 1.50 bits per heavy atom. The lowest BCUT2D eigenvalue weighted by Crippen LogP contribution is -2.41. The second-order valence-corrected chi connectivity index (χ2v) is 5.63. The number of Topliss-reactive ketones (excluding diaryl/α,β-unsaturated/α-hetero) is 1. The third-order valence-corrected chi connectivity index (χ3v) is 3.68. The summed E-state index contributed by atoms with van der Waals surface area (Å²) >= 11 is 0. The molecular formula is C17H14N2O9. The minimum Gasteiger partial charge on any atom is -0.508 e. The normalized spacial score (nSPS) is 15.8. The molecule has 0 fully saturated rings. The Bertz CT molecular complexity index is 984. The van der Waals surface area contributed by atoms with Crippen LogP contribution in [-0.2, 0) is 28.7 Å². The topological polar surface area (TPSA) is 185 Å². The average molecular weight is 390 g/mol. The SMILES string of the molecule is CC(=O)C1=C(O)C(=C(C)N(C(=O)C(N)=O)c2cc(O)cc(O)c2)C(=O)OC1=O. The number of phenols is 2. The number of hydrogen-bond acceptors (Lipinski definition) is 9.